The van der Waals surface area contributed by atoms with Crippen LogP contribution in [0, 0.1) is 6.92 Å². The molecule has 0 unspecified atom stereocenters. The molecule has 4 atom stereocenters. The van der Waals surface area contributed by atoms with E-state index in [2.05, 4.69) is 43.3 Å². The molecule has 0 radical (unpaired) electrons. The van der Waals surface area contributed by atoms with Crippen molar-refractivity contribution in [3.8, 4) is 0 Å². The molecule has 22 heavy (non-hydrogen) atoms. The number of rotatable bonds is 0. The lowest BCUT2D eigenvalue weighted by molar-refractivity contribution is 0.000106. The summed E-state index contributed by atoms with van der Waals surface area (Å²) in [6.45, 7) is 2.11. The second-order valence-corrected chi connectivity index (χ2v) is 6.36. The molecule has 0 spiro atoms. The predicted octanol–water partition coefficient (Wildman–Crippen LogP) is 3.15. The normalized spacial score (nSPS) is 29.4. The third-order valence-corrected chi connectivity index (χ3v) is 5.11. The minimum atomic E-state index is -0.866. The number of aryl methyl sites for hydroxylation is 1. The molecule has 5 rings (SSSR count). The summed E-state index contributed by atoms with van der Waals surface area (Å²) >= 11 is 0. The van der Waals surface area contributed by atoms with Crippen LogP contribution in [0.15, 0.2) is 42.5 Å². The average molecular weight is 292 g/mol. The van der Waals surface area contributed by atoms with Gasteiger partial charge in [0.15, 0.2) is 0 Å². The SMILES string of the molecule is Cc1cc2c3c(ccc2c2ccccc12)[C@@H](O)[C@H](O)[C@@H]1O[C@H]31. The Balaban J connectivity index is 1.92. The smallest absolute Gasteiger partial charge is 0.118 e. The highest BCUT2D eigenvalue weighted by molar-refractivity contribution is 6.10. The molecule has 3 aromatic carbocycles. The number of benzene rings is 3. The molecule has 1 fully saturated rings. The van der Waals surface area contributed by atoms with E-state index in [9.17, 15) is 10.2 Å². The van der Waals surface area contributed by atoms with E-state index in [1.54, 1.807) is 0 Å². The zero-order valence-electron chi connectivity index (χ0n) is 12.2. The molecular weight excluding hydrogens is 276 g/mol. The van der Waals surface area contributed by atoms with Gasteiger partial charge in [0.05, 0.1) is 0 Å². The van der Waals surface area contributed by atoms with E-state index in [0.29, 0.717) is 0 Å². The molecule has 0 saturated carbocycles. The fourth-order valence-electron chi connectivity index (χ4n) is 3.95. The van der Waals surface area contributed by atoms with Crippen molar-refractivity contribution in [2.24, 2.45) is 0 Å². The maximum Gasteiger partial charge on any atom is 0.118 e. The largest absolute Gasteiger partial charge is 0.387 e. The molecule has 0 aromatic heterocycles. The Morgan fingerprint density at radius 1 is 0.909 bits per heavy atom. The van der Waals surface area contributed by atoms with Gasteiger partial charge in [-0.25, -0.2) is 0 Å². The van der Waals surface area contributed by atoms with Gasteiger partial charge in [-0.15, -0.1) is 0 Å². The first-order valence-corrected chi connectivity index (χ1v) is 7.63. The van der Waals surface area contributed by atoms with Crippen molar-refractivity contribution in [3.05, 3.63) is 59.2 Å². The highest BCUT2D eigenvalue weighted by Gasteiger charge is 2.54. The van der Waals surface area contributed by atoms with Crippen molar-refractivity contribution < 1.29 is 14.9 Å². The van der Waals surface area contributed by atoms with Crippen LogP contribution in [0.3, 0.4) is 0 Å². The van der Waals surface area contributed by atoms with Crippen LogP contribution in [0.4, 0.5) is 0 Å². The molecule has 1 aliphatic heterocycles. The first-order valence-electron chi connectivity index (χ1n) is 7.63. The van der Waals surface area contributed by atoms with Crippen molar-refractivity contribution in [2.45, 2.75) is 31.3 Å². The summed E-state index contributed by atoms with van der Waals surface area (Å²) < 4.78 is 5.64. The number of aliphatic hydroxyl groups is 2. The quantitative estimate of drug-likeness (QED) is 0.494. The second kappa shape index (κ2) is 4.07. The molecule has 0 bridgehead atoms. The molecule has 3 heteroatoms. The number of hydrogen-bond acceptors (Lipinski definition) is 3. The maximum absolute atomic E-state index is 10.3. The second-order valence-electron chi connectivity index (χ2n) is 6.36. The van der Waals surface area contributed by atoms with E-state index in [1.807, 2.05) is 6.07 Å². The van der Waals surface area contributed by atoms with Crippen molar-refractivity contribution in [1.29, 1.82) is 0 Å². The third-order valence-electron chi connectivity index (χ3n) is 5.11. The Morgan fingerprint density at radius 3 is 2.45 bits per heavy atom. The zero-order valence-corrected chi connectivity index (χ0v) is 12.2. The lowest BCUT2D eigenvalue weighted by Crippen LogP contribution is -2.29. The van der Waals surface area contributed by atoms with Crippen molar-refractivity contribution in [3.63, 3.8) is 0 Å². The van der Waals surface area contributed by atoms with Crippen LogP contribution in [0.25, 0.3) is 21.5 Å². The topological polar surface area (TPSA) is 53.0 Å². The molecule has 2 N–H and O–H groups in total. The van der Waals surface area contributed by atoms with Crippen LogP contribution in [0.1, 0.15) is 28.9 Å². The van der Waals surface area contributed by atoms with Crippen LogP contribution < -0.4 is 0 Å². The highest BCUT2D eigenvalue weighted by Crippen LogP contribution is 2.53. The number of ether oxygens (including phenoxy) is 1. The van der Waals surface area contributed by atoms with Gasteiger partial charge in [0.1, 0.15) is 24.4 Å². The molecule has 1 saturated heterocycles. The predicted molar refractivity (Wildman–Crippen MR) is 84.8 cm³/mol. The lowest BCUT2D eigenvalue weighted by atomic mass is 9.83. The Bertz CT molecular complexity index is 931. The summed E-state index contributed by atoms with van der Waals surface area (Å²) in [4.78, 5) is 0. The van der Waals surface area contributed by atoms with Gasteiger partial charge in [0, 0.05) is 0 Å². The Morgan fingerprint density at radius 2 is 1.64 bits per heavy atom. The van der Waals surface area contributed by atoms with Crippen LogP contribution in [0.2, 0.25) is 0 Å². The maximum atomic E-state index is 10.3. The standard InChI is InChI=1S/C19H16O3/c1-9-8-14-12(11-5-3-2-4-10(9)11)6-7-13-15(14)18-19(22-18)17(21)16(13)20/h2-8,16-21H,1H3/t16-,17+,18-,19+/m1/s1. The number of epoxide rings is 1. The van der Waals surface area contributed by atoms with Crippen LogP contribution >= 0.6 is 0 Å². The molecule has 0 amide bonds. The van der Waals surface area contributed by atoms with Gasteiger partial charge in [-0.05, 0) is 45.2 Å². The van der Waals surface area contributed by atoms with E-state index in [-0.39, 0.29) is 12.2 Å². The summed E-state index contributed by atoms with van der Waals surface area (Å²) in [6.07, 6.45) is -2.04. The molecule has 1 heterocycles. The minimum absolute atomic E-state index is 0.0855. The number of aliphatic hydroxyl groups excluding tert-OH is 2. The Labute approximate surface area is 127 Å². The molecule has 1 aliphatic carbocycles. The zero-order chi connectivity index (χ0) is 15.0. The van der Waals surface area contributed by atoms with Gasteiger partial charge in [-0.1, -0.05) is 42.5 Å². The summed E-state index contributed by atoms with van der Waals surface area (Å²) in [6, 6.07) is 14.5. The average Bonchev–Trinajstić information content (AvgIpc) is 3.33. The minimum Gasteiger partial charge on any atom is -0.387 e. The fraction of sp³-hybridized carbons (Fsp3) is 0.263. The first-order chi connectivity index (χ1) is 10.7. The van der Waals surface area contributed by atoms with Gasteiger partial charge >= 0.3 is 0 Å². The Kier molecular flexibility index (Phi) is 2.33. The first kappa shape index (κ1) is 12.6. The van der Waals surface area contributed by atoms with Crippen LogP contribution in [-0.2, 0) is 4.74 Å². The number of fused-ring (bicyclic) bond motifs is 7. The highest BCUT2D eigenvalue weighted by atomic mass is 16.6. The molecule has 110 valence electrons. The summed E-state index contributed by atoms with van der Waals surface area (Å²) in [5.41, 5.74) is 3.07. The van der Waals surface area contributed by atoms with Gasteiger partial charge in [0.2, 0.25) is 0 Å². The monoisotopic (exact) mass is 292 g/mol. The van der Waals surface area contributed by atoms with E-state index < -0.39 is 12.2 Å². The van der Waals surface area contributed by atoms with E-state index in [1.165, 1.54) is 21.7 Å². The van der Waals surface area contributed by atoms with Gasteiger partial charge in [-0.2, -0.15) is 0 Å². The van der Waals surface area contributed by atoms with Crippen molar-refractivity contribution >= 4 is 21.5 Å². The van der Waals surface area contributed by atoms with Gasteiger partial charge < -0.3 is 14.9 Å². The molecule has 3 nitrogen and oxygen atoms in total. The van der Waals surface area contributed by atoms with Crippen LogP contribution in [0.5, 0.6) is 0 Å². The van der Waals surface area contributed by atoms with Gasteiger partial charge in [-0.3, -0.25) is 0 Å². The summed E-state index contributed by atoms with van der Waals surface area (Å²) in [5, 5.41) is 25.2. The summed E-state index contributed by atoms with van der Waals surface area (Å²) in [7, 11) is 0. The Hall–Kier alpha value is -1.94. The van der Waals surface area contributed by atoms with E-state index >= 15 is 0 Å². The molecular formula is C19H16O3. The fourth-order valence-corrected chi connectivity index (χ4v) is 3.95. The lowest BCUT2D eigenvalue weighted by Gasteiger charge is -2.25. The van der Waals surface area contributed by atoms with E-state index in [0.717, 1.165) is 16.5 Å². The molecule has 3 aromatic rings. The van der Waals surface area contributed by atoms with Gasteiger partial charge in [0.25, 0.3) is 0 Å². The number of hydrogen-bond donors (Lipinski definition) is 2. The third kappa shape index (κ3) is 1.46. The van der Waals surface area contributed by atoms with Crippen molar-refractivity contribution in [2.75, 3.05) is 0 Å². The van der Waals surface area contributed by atoms with E-state index in [4.69, 9.17) is 4.74 Å². The molecule has 2 aliphatic rings. The van der Waals surface area contributed by atoms with Crippen LogP contribution in [-0.4, -0.2) is 22.4 Å². The summed E-state index contributed by atoms with van der Waals surface area (Å²) in [5.74, 6) is 0. The van der Waals surface area contributed by atoms with Crippen molar-refractivity contribution in [1.82, 2.24) is 0 Å².